The average Bonchev–Trinajstić information content (AvgIpc) is 2.15. The average molecular weight is 209 g/mol. The van der Waals surface area contributed by atoms with E-state index in [1.165, 1.54) is 18.6 Å². The van der Waals surface area contributed by atoms with Gasteiger partial charge in [0.05, 0.1) is 4.92 Å². The van der Waals surface area contributed by atoms with E-state index in [1.807, 2.05) is 0 Å². The van der Waals surface area contributed by atoms with Crippen molar-refractivity contribution in [3.63, 3.8) is 0 Å². The van der Waals surface area contributed by atoms with Gasteiger partial charge < -0.3 is 0 Å². The van der Waals surface area contributed by atoms with Crippen LogP contribution in [-0.2, 0) is 6.67 Å². The summed E-state index contributed by atoms with van der Waals surface area (Å²) >= 11 is 0. The molecule has 1 aromatic rings. The van der Waals surface area contributed by atoms with Gasteiger partial charge in [0.15, 0.2) is 0 Å². The Kier molecular flexibility index (Phi) is 2.66. The quantitative estimate of drug-likeness (QED) is 0.566. The first-order valence-corrected chi connectivity index (χ1v) is 5.05. The largest absolute Gasteiger partial charge is 0.269 e. The van der Waals surface area contributed by atoms with Gasteiger partial charge in [-0.2, -0.15) is 0 Å². The molecule has 0 amide bonds. The zero-order valence-electron chi connectivity index (χ0n) is 8.28. The number of hydrogen-bond acceptors (Lipinski definition) is 2. The molecule has 0 heterocycles. The lowest BCUT2D eigenvalue weighted by Crippen LogP contribution is -2.11. The number of halogens is 1. The first-order chi connectivity index (χ1) is 7.22. The predicted molar refractivity (Wildman–Crippen MR) is 54.5 cm³/mol. The number of nitro benzene ring substituents is 1. The summed E-state index contributed by atoms with van der Waals surface area (Å²) in [4.78, 5) is 10.0. The topological polar surface area (TPSA) is 43.1 Å². The molecule has 1 fully saturated rings. The van der Waals surface area contributed by atoms with Crippen LogP contribution in [0.3, 0.4) is 0 Å². The molecule has 80 valence electrons. The summed E-state index contributed by atoms with van der Waals surface area (Å²) in [5, 5.41) is 10.5. The van der Waals surface area contributed by atoms with E-state index < -0.39 is 11.6 Å². The molecule has 4 heteroatoms. The predicted octanol–water partition coefficient (Wildman–Crippen LogP) is 3.33. The van der Waals surface area contributed by atoms with Crippen LogP contribution in [0.4, 0.5) is 10.1 Å². The van der Waals surface area contributed by atoms with Crippen molar-refractivity contribution in [1.29, 1.82) is 0 Å². The third-order valence-corrected chi connectivity index (χ3v) is 3.03. The lowest BCUT2D eigenvalue weighted by atomic mass is 9.78. The molecule has 0 spiro atoms. The number of nitrogens with zero attached hydrogens (tertiary/aromatic N) is 1. The second kappa shape index (κ2) is 3.96. The van der Waals surface area contributed by atoms with Crippen LogP contribution in [0.1, 0.15) is 36.3 Å². The minimum Gasteiger partial charge on any atom is -0.258 e. The lowest BCUT2D eigenvalue weighted by molar-refractivity contribution is -0.385. The van der Waals surface area contributed by atoms with E-state index >= 15 is 0 Å². The smallest absolute Gasteiger partial charge is 0.258 e. The number of benzene rings is 1. The molecule has 0 unspecified atom stereocenters. The summed E-state index contributed by atoms with van der Waals surface area (Å²) in [5.74, 6) is 0.413. The van der Waals surface area contributed by atoms with Gasteiger partial charge in [-0.15, -0.1) is 0 Å². The molecule has 0 radical (unpaired) electrons. The highest BCUT2D eigenvalue weighted by atomic mass is 19.1. The summed E-state index contributed by atoms with van der Waals surface area (Å²) in [6.45, 7) is -0.618. The Labute approximate surface area is 87.1 Å². The van der Waals surface area contributed by atoms with Gasteiger partial charge in [-0.25, -0.2) is 4.39 Å². The van der Waals surface area contributed by atoms with Crippen LogP contribution in [0.15, 0.2) is 18.2 Å². The Balaban J connectivity index is 2.34. The van der Waals surface area contributed by atoms with Gasteiger partial charge in [0.25, 0.3) is 5.69 Å². The van der Waals surface area contributed by atoms with Crippen LogP contribution in [0.25, 0.3) is 0 Å². The van der Waals surface area contributed by atoms with Crippen LogP contribution in [-0.4, -0.2) is 4.92 Å². The van der Waals surface area contributed by atoms with Gasteiger partial charge in [0, 0.05) is 12.1 Å². The van der Waals surface area contributed by atoms with E-state index in [9.17, 15) is 14.5 Å². The van der Waals surface area contributed by atoms with Crippen LogP contribution in [0, 0.1) is 10.1 Å². The van der Waals surface area contributed by atoms with Crippen LogP contribution >= 0.6 is 0 Å². The molecule has 15 heavy (non-hydrogen) atoms. The van der Waals surface area contributed by atoms with Gasteiger partial charge in [0.2, 0.25) is 0 Å². The van der Waals surface area contributed by atoms with Crippen LogP contribution < -0.4 is 0 Å². The first-order valence-electron chi connectivity index (χ1n) is 5.05. The maximum Gasteiger partial charge on any atom is 0.269 e. The molecular weight excluding hydrogens is 197 g/mol. The maximum atomic E-state index is 12.7. The van der Waals surface area contributed by atoms with Gasteiger partial charge in [-0.1, -0.05) is 12.5 Å². The summed E-state index contributed by atoms with van der Waals surface area (Å²) in [6, 6.07) is 4.53. The van der Waals surface area contributed by atoms with E-state index in [0.717, 1.165) is 18.4 Å². The van der Waals surface area contributed by atoms with Crippen LogP contribution in [0.2, 0.25) is 0 Å². The van der Waals surface area contributed by atoms with E-state index in [2.05, 4.69) is 0 Å². The second-order valence-corrected chi connectivity index (χ2v) is 3.90. The molecule has 0 saturated heterocycles. The number of rotatable bonds is 3. The molecule has 1 saturated carbocycles. The monoisotopic (exact) mass is 209 g/mol. The molecule has 3 nitrogen and oxygen atoms in total. The van der Waals surface area contributed by atoms with Gasteiger partial charge in [-0.3, -0.25) is 10.1 Å². The number of non-ortho nitro benzene ring substituents is 1. The third kappa shape index (κ3) is 1.84. The summed E-state index contributed by atoms with van der Waals surface area (Å²) < 4.78 is 12.7. The fourth-order valence-electron chi connectivity index (χ4n) is 1.94. The maximum absolute atomic E-state index is 12.7. The molecule has 1 aliphatic carbocycles. The van der Waals surface area contributed by atoms with E-state index in [-0.39, 0.29) is 5.69 Å². The molecule has 0 bridgehead atoms. The molecule has 1 aliphatic rings. The Bertz CT molecular complexity index is 388. The van der Waals surface area contributed by atoms with E-state index in [0.29, 0.717) is 11.5 Å². The van der Waals surface area contributed by atoms with Crippen molar-refractivity contribution in [3.05, 3.63) is 39.4 Å². The fraction of sp³-hybridized carbons (Fsp3) is 0.455. The van der Waals surface area contributed by atoms with Crippen molar-refractivity contribution in [2.24, 2.45) is 0 Å². The Morgan fingerprint density at radius 1 is 1.47 bits per heavy atom. The normalized spacial score (nSPS) is 16.1. The fourth-order valence-corrected chi connectivity index (χ4v) is 1.94. The minimum atomic E-state index is -0.618. The summed E-state index contributed by atoms with van der Waals surface area (Å²) in [6.07, 6.45) is 3.32. The van der Waals surface area contributed by atoms with Crippen LogP contribution in [0.5, 0.6) is 0 Å². The SMILES string of the molecule is O=[N+]([O-])c1ccc(C2CCC2)c(CF)c1. The Morgan fingerprint density at radius 2 is 2.20 bits per heavy atom. The summed E-state index contributed by atoms with van der Waals surface area (Å²) in [5.41, 5.74) is 1.41. The van der Waals surface area contributed by atoms with Crippen molar-refractivity contribution < 1.29 is 9.31 Å². The second-order valence-electron chi connectivity index (χ2n) is 3.90. The molecule has 0 aromatic heterocycles. The van der Waals surface area contributed by atoms with Gasteiger partial charge in [-0.05, 0) is 29.9 Å². The molecule has 0 N–H and O–H groups in total. The molecular formula is C11H12FNO2. The van der Waals surface area contributed by atoms with Crippen molar-refractivity contribution in [1.82, 2.24) is 0 Å². The first kappa shape index (κ1) is 10.1. The van der Waals surface area contributed by atoms with Gasteiger partial charge in [0.1, 0.15) is 6.67 Å². The van der Waals surface area contributed by atoms with E-state index in [1.54, 1.807) is 6.07 Å². The zero-order chi connectivity index (χ0) is 10.8. The standard InChI is InChI=1S/C11H12FNO2/c12-7-9-6-10(13(14)15)4-5-11(9)8-2-1-3-8/h4-6,8H,1-3,7H2. The highest BCUT2D eigenvalue weighted by Gasteiger charge is 2.23. The highest BCUT2D eigenvalue weighted by Crippen LogP contribution is 2.39. The van der Waals surface area contributed by atoms with Crippen molar-refractivity contribution in [3.8, 4) is 0 Å². The van der Waals surface area contributed by atoms with Crippen molar-refractivity contribution in [2.45, 2.75) is 31.9 Å². The van der Waals surface area contributed by atoms with Crippen molar-refractivity contribution >= 4 is 5.69 Å². The highest BCUT2D eigenvalue weighted by molar-refractivity contribution is 5.41. The van der Waals surface area contributed by atoms with E-state index in [4.69, 9.17) is 0 Å². The molecule has 1 aromatic carbocycles. The third-order valence-electron chi connectivity index (χ3n) is 3.03. The number of alkyl halides is 1. The molecule has 0 aliphatic heterocycles. The van der Waals surface area contributed by atoms with Crippen molar-refractivity contribution in [2.75, 3.05) is 0 Å². The zero-order valence-corrected chi connectivity index (χ0v) is 8.28. The Morgan fingerprint density at radius 3 is 2.67 bits per heavy atom. The minimum absolute atomic E-state index is 0.0225. The molecule has 0 atom stereocenters. The lowest BCUT2D eigenvalue weighted by Gasteiger charge is -2.27. The number of nitro groups is 1. The Hall–Kier alpha value is -1.45. The number of hydrogen-bond donors (Lipinski definition) is 0. The summed E-state index contributed by atoms with van der Waals surface area (Å²) in [7, 11) is 0. The van der Waals surface area contributed by atoms with Gasteiger partial charge >= 0.3 is 0 Å². The molecule has 2 rings (SSSR count).